The fourth-order valence-electron chi connectivity index (χ4n) is 1.84. The Morgan fingerprint density at radius 3 is 2.82 bits per heavy atom. The SMILES string of the molecule is CCCC#Cc1c(C)c2ccccc2[nH]c1=O. The van der Waals surface area contributed by atoms with E-state index in [0.717, 1.165) is 29.3 Å². The molecule has 0 fully saturated rings. The van der Waals surface area contributed by atoms with E-state index >= 15 is 0 Å². The Bertz CT molecular complexity index is 656. The monoisotopic (exact) mass is 225 g/mol. The van der Waals surface area contributed by atoms with Crippen molar-refractivity contribution in [1.82, 2.24) is 4.98 Å². The van der Waals surface area contributed by atoms with Gasteiger partial charge < -0.3 is 4.98 Å². The van der Waals surface area contributed by atoms with Crippen molar-refractivity contribution in [3.05, 3.63) is 45.7 Å². The summed E-state index contributed by atoms with van der Waals surface area (Å²) in [6.07, 6.45) is 1.84. The first kappa shape index (κ1) is 11.5. The number of fused-ring (bicyclic) bond motifs is 1. The number of nitrogens with one attached hydrogen (secondary N) is 1. The van der Waals surface area contributed by atoms with Gasteiger partial charge in [0, 0.05) is 17.3 Å². The molecule has 2 rings (SSSR count). The summed E-state index contributed by atoms with van der Waals surface area (Å²) in [5.41, 5.74) is 2.34. The minimum absolute atomic E-state index is 0.0928. The first-order valence-corrected chi connectivity index (χ1v) is 5.84. The number of hydrogen-bond donors (Lipinski definition) is 1. The largest absolute Gasteiger partial charge is 0.321 e. The van der Waals surface area contributed by atoms with Crippen molar-refractivity contribution >= 4 is 10.9 Å². The number of rotatable bonds is 1. The average Bonchev–Trinajstić information content (AvgIpc) is 2.33. The standard InChI is InChI=1S/C15H15NO/c1-3-4-5-9-13-11(2)12-8-6-7-10-14(12)16-15(13)17/h6-8,10H,3-4H2,1-2H3,(H,16,17). The van der Waals surface area contributed by atoms with Crippen LogP contribution in [0.3, 0.4) is 0 Å². The van der Waals surface area contributed by atoms with Gasteiger partial charge in [0.25, 0.3) is 5.56 Å². The van der Waals surface area contributed by atoms with E-state index < -0.39 is 0 Å². The Labute approximate surface area is 101 Å². The molecule has 2 heteroatoms. The van der Waals surface area contributed by atoms with Crippen LogP contribution in [0.15, 0.2) is 29.1 Å². The van der Waals surface area contributed by atoms with Crippen molar-refractivity contribution in [2.45, 2.75) is 26.7 Å². The minimum atomic E-state index is -0.0928. The first-order chi connectivity index (χ1) is 8.24. The van der Waals surface area contributed by atoms with Crippen LogP contribution in [0, 0.1) is 18.8 Å². The van der Waals surface area contributed by atoms with Gasteiger partial charge in [0.2, 0.25) is 0 Å². The average molecular weight is 225 g/mol. The van der Waals surface area contributed by atoms with Gasteiger partial charge in [-0.2, -0.15) is 0 Å². The first-order valence-electron chi connectivity index (χ1n) is 5.84. The molecule has 2 nitrogen and oxygen atoms in total. The Hall–Kier alpha value is -2.01. The third-order valence-electron chi connectivity index (χ3n) is 2.77. The van der Waals surface area contributed by atoms with E-state index in [9.17, 15) is 4.79 Å². The van der Waals surface area contributed by atoms with Crippen molar-refractivity contribution in [3.8, 4) is 11.8 Å². The zero-order chi connectivity index (χ0) is 12.3. The van der Waals surface area contributed by atoms with Crippen molar-refractivity contribution in [1.29, 1.82) is 0 Å². The number of aryl methyl sites for hydroxylation is 1. The molecule has 0 aliphatic heterocycles. The number of benzene rings is 1. The lowest BCUT2D eigenvalue weighted by Gasteiger charge is -2.03. The van der Waals surface area contributed by atoms with Gasteiger partial charge in [0.1, 0.15) is 0 Å². The van der Waals surface area contributed by atoms with Crippen LogP contribution in [0.5, 0.6) is 0 Å². The van der Waals surface area contributed by atoms with Gasteiger partial charge in [-0.05, 0) is 25.0 Å². The number of aromatic nitrogens is 1. The highest BCUT2D eigenvalue weighted by atomic mass is 16.1. The van der Waals surface area contributed by atoms with Crippen molar-refractivity contribution in [2.24, 2.45) is 0 Å². The van der Waals surface area contributed by atoms with Gasteiger partial charge in [-0.15, -0.1) is 0 Å². The maximum absolute atomic E-state index is 11.9. The zero-order valence-corrected chi connectivity index (χ0v) is 10.1. The zero-order valence-electron chi connectivity index (χ0n) is 10.1. The summed E-state index contributed by atoms with van der Waals surface area (Å²) in [5, 5.41) is 1.06. The molecule has 0 aliphatic rings. The summed E-state index contributed by atoms with van der Waals surface area (Å²) in [5.74, 6) is 6.01. The highest BCUT2D eigenvalue weighted by Crippen LogP contribution is 2.16. The summed E-state index contributed by atoms with van der Waals surface area (Å²) >= 11 is 0. The molecule has 1 N–H and O–H groups in total. The molecule has 0 bridgehead atoms. The van der Waals surface area contributed by atoms with Crippen LogP contribution in [0.2, 0.25) is 0 Å². The predicted octanol–water partition coefficient (Wildman–Crippen LogP) is 2.99. The normalized spacial score (nSPS) is 10.0. The van der Waals surface area contributed by atoms with Gasteiger partial charge >= 0.3 is 0 Å². The Morgan fingerprint density at radius 2 is 2.06 bits per heavy atom. The fraction of sp³-hybridized carbons (Fsp3) is 0.267. The predicted molar refractivity (Wildman–Crippen MR) is 71.1 cm³/mol. The van der Waals surface area contributed by atoms with E-state index in [1.807, 2.05) is 31.2 Å². The van der Waals surface area contributed by atoms with Gasteiger partial charge in [-0.25, -0.2) is 0 Å². The molecule has 0 spiro atoms. The van der Waals surface area contributed by atoms with Crippen LogP contribution < -0.4 is 5.56 Å². The Kier molecular flexibility index (Phi) is 3.30. The molecule has 86 valence electrons. The molecule has 1 aromatic carbocycles. The van der Waals surface area contributed by atoms with Crippen molar-refractivity contribution in [2.75, 3.05) is 0 Å². The van der Waals surface area contributed by atoms with E-state index in [2.05, 4.69) is 23.7 Å². The van der Waals surface area contributed by atoms with Crippen LogP contribution in [-0.2, 0) is 0 Å². The molecule has 0 unspecified atom stereocenters. The third-order valence-corrected chi connectivity index (χ3v) is 2.77. The maximum atomic E-state index is 11.9. The third kappa shape index (κ3) is 2.24. The van der Waals surface area contributed by atoms with Crippen LogP contribution in [0.4, 0.5) is 0 Å². The molecular weight excluding hydrogens is 210 g/mol. The second kappa shape index (κ2) is 4.88. The smallest absolute Gasteiger partial charge is 0.264 e. The van der Waals surface area contributed by atoms with E-state index in [1.165, 1.54) is 0 Å². The van der Waals surface area contributed by atoms with E-state index in [4.69, 9.17) is 0 Å². The summed E-state index contributed by atoms with van der Waals surface area (Å²) < 4.78 is 0. The molecule has 2 aromatic rings. The van der Waals surface area contributed by atoms with Gasteiger partial charge in [0.05, 0.1) is 5.56 Å². The number of unbranched alkanes of at least 4 members (excludes halogenated alkanes) is 1. The van der Waals surface area contributed by atoms with Crippen molar-refractivity contribution in [3.63, 3.8) is 0 Å². The number of hydrogen-bond acceptors (Lipinski definition) is 1. The minimum Gasteiger partial charge on any atom is -0.321 e. The van der Waals surface area contributed by atoms with Gasteiger partial charge in [-0.3, -0.25) is 4.79 Å². The van der Waals surface area contributed by atoms with Crippen LogP contribution in [0.1, 0.15) is 30.9 Å². The molecule has 0 radical (unpaired) electrons. The van der Waals surface area contributed by atoms with Crippen LogP contribution >= 0.6 is 0 Å². The molecule has 0 amide bonds. The molecule has 17 heavy (non-hydrogen) atoms. The molecule has 0 aliphatic carbocycles. The second-order valence-electron chi connectivity index (χ2n) is 4.05. The second-order valence-corrected chi connectivity index (χ2v) is 4.05. The summed E-state index contributed by atoms with van der Waals surface area (Å²) in [6.45, 7) is 4.03. The van der Waals surface area contributed by atoms with Crippen LogP contribution in [-0.4, -0.2) is 4.98 Å². The summed E-state index contributed by atoms with van der Waals surface area (Å²) in [7, 11) is 0. The summed E-state index contributed by atoms with van der Waals surface area (Å²) in [4.78, 5) is 14.8. The maximum Gasteiger partial charge on any atom is 0.264 e. The lowest BCUT2D eigenvalue weighted by Crippen LogP contribution is -2.12. The van der Waals surface area contributed by atoms with Crippen LogP contribution in [0.25, 0.3) is 10.9 Å². The lowest BCUT2D eigenvalue weighted by atomic mass is 10.1. The van der Waals surface area contributed by atoms with Crippen molar-refractivity contribution < 1.29 is 0 Å². The highest BCUT2D eigenvalue weighted by molar-refractivity contribution is 5.83. The number of pyridine rings is 1. The number of H-pyrrole nitrogens is 1. The highest BCUT2D eigenvalue weighted by Gasteiger charge is 2.05. The van der Waals surface area contributed by atoms with E-state index in [1.54, 1.807) is 0 Å². The number of aromatic amines is 1. The summed E-state index contributed by atoms with van der Waals surface area (Å²) in [6, 6.07) is 7.80. The van der Waals surface area contributed by atoms with E-state index in [0.29, 0.717) is 5.56 Å². The molecule has 0 atom stereocenters. The molecular formula is C15H15NO. The fourth-order valence-corrected chi connectivity index (χ4v) is 1.84. The van der Waals surface area contributed by atoms with E-state index in [-0.39, 0.29) is 5.56 Å². The topological polar surface area (TPSA) is 32.9 Å². The quantitative estimate of drug-likeness (QED) is 0.743. The number of para-hydroxylation sites is 1. The molecule has 1 heterocycles. The van der Waals surface area contributed by atoms with Gasteiger partial charge in [-0.1, -0.05) is 37.0 Å². The molecule has 0 saturated heterocycles. The van der Waals surface area contributed by atoms with Gasteiger partial charge in [0.15, 0.2) is 0 Å². The Balaban J connectivity index is 2.65. The Morgan fingerprint density at radius 1 is 1.29 bits per heavy atom. The lowest BCUT2D eigenvalue weighted by molar-refractivity contribution is 0.983. The molecule has 1 aromatic heterocycles. The molecule has 0 saturated carbocycles.